The molecule has 0 saturated carbocycles. The summed E-state index contributed by atoms with van der Waals surface area (Å²) in [6.45, 7) is 1.32. The number of rotatable bonds is 2. The van der Waals surface area contributed by atoms with Crippen LogP contribution in [0, 0.1) is 0 Å². The Morgan fingerprint density at radius 2 is 2.05 bits per heavy atom. The van der Waals surface area contributed by atoms with E-state index in [2.05, 4.69) is 15.0 Å². The quantitative estimate of drug-likeness (QED) is 0.575. The zero-order valence-electron chi connectivity index (χ0n) is 11.0. The number of aromatic nitrogens is 4. The lowest BCUT2D eigenvalue weighted by Crippen LogP contribution is -2.31. The Bertz CT molecular complexity index is 729. The molecule has 1 aliphatic rings. The maximum absolute atomic E-state index is 14.5. The Labute approximate surface area is 118 Å². The zero-order valence-corrected chi connectivity index (χ0v) is 11.0. The molecular weight excluding hydrogens is 281 g/mol. The first kappa shape index (κ1) is 13.9. The molecule has 112 valence electrons. The molecule has 5 N–H and O–H groups in total. The van der Waals surface area contributed by atoms with Gasteiger partial charge in [-0.1, -0.05) is 0 Å². The average molecular weight is 295 g/mol. The van der Waals surface area contributed by atoms with Gasteiger partial charge in [-0.2, -0.15) is 0 Å². The predicted octanol–water partition coefficient (Wildman–Crippen LogP) is -0.711. The van der Waals surface area contributed by atoms with E-state index in [0.717, 1.165) is 0 Å². The number of fused-ring (bicyclic) bond motifs is 1. The molecule has 4 atom stereocenters. The van der Waals surface area contributed by atoms with E-state index < -0.39 is 30.2 Å². The van der Waals surface area contributed by atoms with Gasteiger partial charge >= 0.3 is 0 Å². The second kappa shape index (κ2) is 4.72. The molecule has 1 aliphatic carbocycles. The fourth-order valence-corrected chi connectivity index (χ4v) is 2.63. The van der Waals surface area contributed by atoms with Gasteiger partial charge in [-0.3, -0.25) is 0 Å². The lowest BCUT2D eigenvalue weighted by atomic mass is 10.1. The van der Waals surface area contributed by atoms with Crippen molar-refractivity contribution in [3.63, 3.8) is 0 Å². The smallest absolute Gasteiger partial charge is 0.166 e. The highest BCUT2D eigenvalue weighted by atomic mass is 19.1. The number of hydrogen-bond donors (Lipinski definition) is 4. The number of nitrogens with zero attached hydrogens (tertiary/aromatic N) is 4. The summed E-state index contributed by atoms with van der Waals surface area (Å²) >= 11 is 0. The molecule has 0 radical (unpaired) electrons. The van der Waals surface area contributed by atoms with E-state index in [1.165, 1.54) is 24.1 Å². The van der Waals surface area contributed by atoms with Crippen LogP contribution in [0.15, 0.2) is 24.1 Å². The minimum atomic E-state index is -1.49. The van der Waals surface area contributed by atoms with Crippen molar-refractivity contribution in [3.05, 3.63) is 24.1 Å². The number of hydrogen-bond acceptors (Lipinski definition) is 7. The van der Waals surface area contributed by atoms with Crippen LogP contribution in [0.4, 0.5) is 10.2 Å². The van der Waals surface area contributed by atoms with Gasteiger partial charge in [0.2, 0.25) is 0 Å². The Morgan fingerprint density at radius 1 is 1.33 bits per heavy atom. The molecule has 2 unspecified atom stereocenters. The standard InChI is InChI=1S/C12H14FN5O3/c1-4(19)5-6(13)8(10(21)9(5)20)18-3-17-7-11(14)15-2-16-12(7)18/h2-4,8-10,19-21H,1H3,(H2,14,15,16)/t4?,8?,9-,10-/m0/s1. The van der Waals surface area contributed by atoms with Crippen LogP contribution in [0.25, 0.3) is 11.2 Å². The van der Waals surface area contributed by atoms with E-state index in [0.29, 0.717) is 0 Å². The molecule has 2 heterocycles. The Morgan fingerprint density at radius 3 is 2.67 bits per heavy atom. The molecule has 0 bridgehead atoms. The normalized spacial score (nSPS) is 27.6. The van der Waals surface area contributed by atoms with Crippen LogP contribution in [0.1, 0.15) is 13.0 Å². The molecule has 21 heavy (non-hydrogen) atoms. The highest BCUT2D eigenvalue weighted by Crippen LogP contribution is 2.40. The van der Waals surface area contributed by atoms with Crippen molar-refractivity contribution in [3.8, 4) is 0 Å². The van der Waals surface area contributed by atoms with Gasteiger partial charge in [-0.25, -0.2) is 19.3 Å². The van der Waals surface area contributed by atoms with Crippen LogP contribution in [-0.4, -0.2) is 53.2 Å². The first-order valence-corrected chi connectivity index (χ1v) is 6.30. The van der Waals surface area contributed by atoms with E-state index in [1.807, 2.05) is 0 Å². The molecule has 2 aromatic heterocycles. The molecule has 2 aromatic rings. The van der Waals surface area contributed by atoms with Crippen molar-refractivity contribution < 1.29 is 19.7 Å². The number of nitrogen functional groups attached to an aromatic ring is 1. The van der Waals surface area contributed by atoms with Crippen LogP contribution >= 0.6 is 0 Å². The third-order valence-corrected chi connectivity index (χ3v) is 3.64. The van der Waals surface area contributed by atoms with E-state index in [1.54, 1.807) is 0 Å². The number of aliphatic hydroxyl groups excluding tert-OH is 3. The fourth-order valence-electron chi connectivity index (χ4n) is 2.63. The average Bonchev–Trinajstić information content (AvgIpc) is 2.92. The van der Waals surface area contributed by atoms with Crippen molar-refractivity contribution >= 4 is 17.0 Å². The van der Waals surface area contributed by atoms with Gasteiger partial charge in [-0.15, -0.1) is 0 Å². The molecule has 0 spiro atoms. The first-order chi connectivity index (χ1) is 9.93. The Kier molecular flexibility index (Phi) is 3.12. The van der Waals surface area contributed by atoms with Gasteiger partial charge < -0.3 is 25.6 Å². The highest BCUT2D eigenvalue weighted by Gasteiger charge is 2.45. The van der Waals surface area contributed by atoms with E-state index >= 15 is 0 Å². The predicted molar refractivity (Wildman–Crippen MR) is 70.6 cm³/mol. The fraction of sp³-hybridized carbons (Fsp3) is 0.417. The third kappa shape index (κ3) is 1.89. The zero-order chi connectivity index (χ0) is 15.3. The van der Waals surface area contributed by atoms with Gasteiger partial charge in [0.05, 0.1) is 12.4 Å². The molecule has 0 saturated heterocycles. The van der Waals surface area contributed by atoms with Crippen LogP contribution in [-0.2, 0) is 0 Å². The van der Waals surface area contributed by atoms with Crippen molar-refractivity contribution in [2.45, 2.75) is 31.3 Å². The van der Waals surface area contributed by atoms with Gasteiger partial charge in [-0.05, 0) is 6.92 Å². The Hall–Kier alpha value is -2.10. The molecule has 8 nitrogen and oxygen atoms in total. The molecular formula is C12H14FN5O3. The molecule has 0 amide bonds. The van der Waals surface area contributed by atoms with Crippen LogP contribution in [0.2, 0.25) is 0 Å². The third-order valence-electron chi connectivity index (χ3n) is 3.64. The molecule has 3 rings (SSSR count). The second-order valence-corrected chi connectivity index (χ2v) is 4.94. The summed E-state index contributed by atoms with van der Waals surface area (Å²) in [4.78, 5) is 11.7. The van der Waals surface area contributed by atoms with Crippen molar-refractivity contribution in [2.24, 2.45) is 0 Å². The minimum Gasteiger partial charge on any atom is -0.389 e. The maximum atomic E-state index is 14.5. The molecule has 9 heteroatoms. The van der Waals surface area contributed by atoms with Crippen LogP contribution in [0.3, 0.4) is 0 Å². The summed E-state index contributed by atoms with van der Waals surface area (Å²) in [5.41, 5.74) is 5.93. The molecule has 0 aromatic carbocycles. The number of halogens is 1. The van der Waals surface area contributed by atoms with E-state index in [4.69, 9.17) is 5.73 Å². The van der Waals surface area contributed by atoms with Crippen molar-refractivity contribution in [1.82, 2.24) is 19.5 Å². The van der Waals surface area contributed by atoms with Crippen molar-refractivity contribution in [2.75, 3.05) is 5.73 Å². The number of anilines is 1. The summed E-state index contributed by atoms with van der Waals surface area (Å²) in [6, 6.07) is -1.22. The summed E-state index contributed by atoms with van der Waals surface area (Å²) in [6.07, 6.45) is -1.70. The SMILES string of the molecule is CC(O)C1=C(F)C(n2cnc3c(N)ncnc32)[C@H](O)[C@H]1O. The van der Waals surface area contributed by atoms with Crippen LogP contribution < -0.4 is 5.73 Å². The summed E-state index contributed by atoms with van der Waals surface area (Å²) < 4.78 is 15.7. The summed E-state index contributed by atoms with van der Waals surface area (Å²) in [5, 5.41) is 29.5. The molecule has 0 fully saturated rings. The highest BCUT2D eigenvalue weighted by molar-refractivity contribution is 5.81. The summed E-state index contributed by atoms with van der Waals surface area (Å²) in [7, 11) is 0. The maximum Gasteiger partial charge on any atom is 0.166 e. The lowest BCUT2D eigenvalue weighted by molar-refractivity contribution is 0.0217. The van der Waals surface area contributed by atoms with Crippen molar-refractivity contribution in [1.29, 1.82) is 0 Å². The van der Waals surface area contributed by atoms with E-state index in [9.17, 15) is 19.7 Å². The summed E-state index contributed by atoms with van der Waals surface area (Å²) in [5.74, 6) is -0.673. The number of imidazole rings is 1. The van der Waals surface area contributed by atoms with Gasteiger partial charge in [0.25, 0.3) is 0 Å². The Balaban J connectivity index is 2.17. The van der Waals surface area contributed by atoms with Gasteiger partial charge in [0, 0.05) is 5.57 Å². The topological polar surface area (TPSA) is 130 Å². The lowest BCUT2D eigenvalue weighted by Gasteiger charge is -2.19. The van der Waals surface area contributed by atoms with Crippen LogP contribution in [0.5, 0.6) is 0 Å². The monoisotopic (exact) mass is 295 g/mol. The largest absolute Gasteiger partial charge is 0.389 e. The number of aliphatic hydroxyl groups is 3. The molecule has 0 aliphatic heterocycles. The van der Waals surface area contributed by atoms with E-state index in [-0.39, 0.29) is 22.6 Å². The number of nitrogens with two attached hydrogens (primary N) is 1. The minimum absolute atomic E-state index is 0.131. The first-order valence-electron chi connectivity index (χ1n) is 6.30. The second-order valence-electron chi connectivity index (χ2n) is 4.94. The van der Waals surface area contributed by atoms with Gasteiger partial charge in [0.15, 0.2) is 11.5 Å². The van der Waals surface area contributed by atoms with Gasteiger partial charge in [0.1, 0.15) is 35.9 Å².